The molecule has 0 fully saturated rings. The third kappa shape index (κ3) is 3.22. The normalized spacial score (nSPS) is 18.9. The Morgan fingerprint density at radius 1 is 1.43 bits per heavy atom. The van der Waals surface area contributed by atoms with E-state index in [-0.39, 0.29) is 12.0 Å². The predicted octanol–water partition coefficient (Wildman–Crippen LogP) is 2.54. The first kappa shape index (κ1) is 14.4. The summed E-state index contributed by atoms with van der Waals surface area (Å²) in [5.41, 5.74) is 7.25. The van der Waals surface area contributed by atoms with Gasteiger partial charge in [-0.3, -0.25) is 0 Å². The Labute approximate surface area is 128 Å². The predicted molar refractivity (Wildman–Crippen MR) is 82.6 cm³/mol. The van der Waals surface area contributed by atoms with Crippen LogP contribution in [0, 0.1) is 0 Å². The van der Waals surface area contributed by atoms with E-state index in [1.807, 2.05) is 18.2 Å². The number of thioether (sulfide) groups is 1. The van der Waals surface area contributed by atoms with Crippen LogP contribution >= 0.6 is 11.8 Å². The van der Waals surface area contributed by atoms with E-state index in [0.717, 1.165) is 24.3 Å². The van der Waals surface area contributed by atoms with Gasteiger partial charge in [0.05, 0.1) is 18.6 Å². The minimum atomic E-state index is -0.185. The molecule has 0 radical (unpaired) electrons. The van der Waals surface area contributed by atoms with Crippen molar-refractivity contribution < 1.29 is 9.26 Å². The molecular weight excluding hydrogens is 286 g/mol. The Morgan fingerprint density at radius 3 is 3.14 bits per heavy atom. The van der Waals surface area contributed by atoms with Crippen molar-refractivity contribution in [3.05, 3.63) is 41.5 Å². The van der Waals surface area contributed by atoms with Crippen LogP contribution in [0.2, 0.25) is 0 Å². The van der Waals surface area contributed by atoms with Crippen LogP contribution in [0.4, 0.5) is 0 Å². The summed E-state index contributed by atoms with van der Waals surface area (Å²) in [6, 6.07) is 7.88. The highest BCUT2D eigenvalue weighted by atomic mass is 32.2. The average molecular weight is 305 g/mol. The number of aromatic nitrogens is 2. The Morgan fingerprint density at radius 2 is 2.29 bits per heavy atom. The standard InChI is InChI=1S/C15H19N3O2S/c1-21-7-6-12(16)15-17-14(18-20-15)11-8-10-4-2-3-5-13(10)19-9-11/h2-5,11-12H,6-9,16H2,1H3/t11?,12-/m0/s1. The molecule has 112 valence electrons. The third-order valence-corrected chi connectivity index (χ3v) is 4.30. The van der Waals surface area contributed by atoms with Crippen molar-refractivity contribution in [2.45, 2.75) is 24.8 Å². The molecule has 1 aromatic heterocycles. The van der Waals surface area contributed by atoms with E-state index in [2.05, 4.69) is 22.5 Å². The molecule has 0 bridgehead atoms. The minimum absolute atomic E-state index is 0.130. The maximum Gasteiger partial charge on any atom is 0.243 e. The molecule has 1 aliphatic heterocycles. The quantitative estimate of drug-likeness (QED) is 0.915. The minimum Gasteiger partial charge on any atom is -0.493 e. The van der Waals surface area contributed by atoms with Gasteiger partial charge in [-0.1, -0.05) is 23.4 Å². The summed E-state index contributed by atoms with van der Waals surface area (Å²) in [5, 5.41) is 4.09. The highest BCUT2D eigenvalue weighted by molar-refractivity contribution is 7.98. The third-order valence-electron chi connectivity index (χ3n) is 3.65. The smallest absolute Gasteiger partial charge is 0.243 e. The van der Waals surface area contributed by atoms with E-state index in [0.29, 0.717) is 18.3 Å². The summed E-state index contributed by atoms with van der Waals surface area (Å²) in [5.74, 6) is 3.29. The molecule has 0 saturated heterocycles. The number of para-hydroxylation sites is 1. The number of nitrogens with two attached hydrogens (primary N) is 1. The second-order valence-corrected chi connectivity index (χ2v) is 6.18. The van der Waals surface area contributed by atoms with Crippen LogP contribution in [0.1, 0.15) is 35.7 Å². The zero-order valence-electron chi connectivity index (χ0n) is 12.0. The van der Waals surface area contributed by atoms with E-state index in [1.54, 1.807) is 11.8 Å². The molecular formula is C15H19N3O2S. The van der Waals surface area contributed by atoms with Gasteiger partial charge in [-0.2, -0.15) is 16.7 Å². The second-order valence-electron chi connectivity index (χ2n) is 5.20. The van der Waals surface area contributed by atoms with Gasteiger partial charge in [0.2, 0.25) is 5.89 Å². The van der Waals surface area contributed by atoms with Crippen LogP contribution in [0.3, 0.4) is 0 Å². The van der Waals surface area contributed by atoms with Gasteiger partial charge in [0, 0.05) is 0 Å². The van der Waals surface area contributed by atoms with E-state index in [9.17, 15) is 0 Å². The highest BCUT2D eigenvalue weighted by Gasteiger charge is 2.26. The van der Waals surface area contributed by atoms with E-state index in [4.69, 9.17) is 15.0 Å². The molecule has 0 aliphatic carbocycles. The summed E-state index contributed by atoms with van der Waals surface area (Å²) in [4.78, 5) is 4.47. The molecule has 1 aromatic carbocycles. The van der Waals surface area contributed by atoms with Crippen molar-refractivity contribution in [1.82, 2.24) is 10.1 Å². The number of hydrogen-bond acceptors (Lipinski definition) is 6. The molecule has 0 amide bonds. The largest absolute Gasteiger partial charge is 0.493 e. The van der Waals surface area contributed by atoms with E-state index in [1.165, 1.54) is 5.56 Å². The van der Waals surface area contributed by atoms with E-state index < -0.39 is 0 Å². The number of hydrogen-bond donors (Lipinski definition) is 1. The van der Waals surface area contributed by atoms with Crippen molar-refractivity contribution in [2.75, 3.05) is 18.6 Å². The van der Waals surface area contributed by atoms with Gasteiger partial charge < -0.3 is 15.0 Å². The van der Waals surface area contributed by atoms with Crippen molar-refractivity contribution >= 4 is 11.8 Å². The van der Waals surface area contributed by atoms with Crippen LogP contribution in [-0.4, -0.2) is 28.8 Å². The summed E-state index contributed by atoms with van der Waals surface area (Å²) in [7, 11) is 0. The first-order valence-corrected chi connectivity index (χ1v) is 8.46. The lowest BCUT2D eigenvalue weighted by molar-refractivity contribution is 0.253. The lowest BCUT2D eigenvalue weighted by Gasteiger charge is -2.22. The fourth-order valence-corrected chi connectivity index (χ4v) is 2.92. The molecule has 3 rings (SSSR count). The van der Waals surface area contributed by atoms with Crippen LogP contribution in [0.5, 0.6) is 5.75 Å². The van der Waals surface area contributed by atoms with Crippen molar-refractivity contribution in [3.63, 3.8) is 0 Å². The maximum absolute atomic E-state index is 6.06. The zero-order valence-corrected chi connectivity index (χ0v) is 12.8. The molecule has 6 heteroatoms. The molecule has 1 aliphatic rings. The summed E-state index contributed by atoms with van der Waals surface area (Å²) < 4.78 is 11.1. The van der Waals surface area contributed by atoms with Crippen LogP contribution in [-0.2, 0) is 6.42 Å². The molecule has 5 nitrogen and oxygen atoms in total. The van der Waals surface area contributed by atoms with Gasteiger partial charge in [-0.15, -0.1) is 0 Å². The summed E-state index contributed by atoms with van der Waals surface area (Å²) in [6.07, 6.45) is 3.77. The monoisotopic (exact) mass is 305 g/mol. The lowest BCUT2D eigenvalue weighted by Crippen LogP contribution is -2.20. The number of ether oxygens (including phenoxy) is 1. The number of fused-ring (bicyclic) bond motifs is 1. The van der Waals surface area contributed by atoms with Crippen LogP contribution in [0.15, 0.2) is 28.8 Å². The fourth-order valence-electron chi connectivity index (χ4n) is 2.43. The Bertz CT molecular complexity index is 602. The number of rotatable bonds is 5. The van der Waals surface area contributed by atoms with Crippen LogP contribution < -0.4 is 10.5 Å². The summed E-state index contributed by atoms with van der Waals surface area (Å²) in [6.45, 7) is 0.579. The number of nitrogens with zero attached hydrogens (tertiary/aromatic N) is 2. The van der Waals surface area contributed by atoms with Gasteiger partial charge in [0.1, 0.15) is 5.75 Å². The van der Waals surface area contributed by atoms with Crippen molar-refractivity contribution in [1.29, 1.82) is 0 Å². The fraction of sp³-hybridized carbons (Fsp3) is 0.467. The maximum atomic E-state index is 6.06. The Hall–Kier alpha value is -1.53. The Kier molecular flexibility index (Phi) is 4.45. The van der Waals surface area contributed by atoms with E-state index >= 15 is 0 Å². The van der Waals surface area contributed by atoms with Gasteiger partial charge in [-0.25, -0.2) is 0 Å². The molecule has 2 atom stereocenters. The zero-order chi connectivity index (χ0) is 14.7. The highest BCUT2D eigenvalue weighted by Crippen LogP contribution is 2.31. The molecule has 2 N–H and O–H groups in total. The molecule has 1 unspecified atom stereocenters. The molecule has 21 heavy (non-hydrogen) atoms. The number of benzene rings is 1. The molecule has 0 spiro atoms. The lowest BCUT2D eigenvalue weighted by atomic mass is 9.96. The van der Waals surface area contributed by atoms with Crippen LogP contribution in [0.25, 0.3) is 0 Å². The van der Waals surface area contributed by atoms with Gasteiger partial charge >= 0.3 is 0 Å². The van der Waals surface area contributed by atoms with Gasteiger partial charge in [-0.05, 0) is 36.5 Å². The summed E-state index contributed by atoms with van der Waals surface area (Å²) >= 11 is 1.76. The van der Waals surface area contributed by atoms with Crippen molar-refractivity contribution in [2.24, 2.45) is 5.73 Å². The second kappa shape index (κ2) is 6.49. The topological polar surface area (TPSA) is 74.2 Å². The Balaban J connectivity index is 1.70. The van der Waals surface area contributed by atoms with Gasteiger partial charge in [0.15, 0.2) is 5.82 Å². The van der Waals surface area contributed by atoms with Crippen molar-refractivity contribution in [3.8, 4) is 5.75 Å². The molecule has 2 heterocycles. The molecule has 2 aromatic rings. The first-order chi connectivity index (χ1) is 10.3. The molecule has 0 saturated carbocycles. The average Bonchev–Trinajstić information content (AvgIpc) is 3.02. The van der Waals surface area contributed by atoms with Gasteiger partial charge in [0.25, 0.3) is 0 Å². The SMILES string of the molecule is CSCC[C@H](N)c1nc(C2COc3ccccc3C2)no1. The first-order valence-electron chi connectivity index (χ1n) is 7.06.